The highest BCUT2D eigenvalue weighted by Crippen LogP contribution is 2.24. The maximum Gasteiger partial charge on any atom is 0.147 e. The van der Waals surface area contributed by atoms with Crippen molar-refractivity contribution < 1.29 is 17.6 Å². The third-order valence-electron chi connectivity index (χ3n) is 2.49. The van der Waals surface area contributed by atoms with Crippen molar-refractivity contribution in [3.8, 4) is 0 Å². The summed E-state index contributed by atoms with van der Waals surface area (Å²) in [5.41, 5.74) is 0.0635. The van der Waals surface area contributed by atoms with Crippen LogP contribution in [0, 0.1) is 23.3 Å². The molecule has 1 N–H and O–H groups in total. The zero-order valence-electron chi connectivity index (χ0n) is 9.48. The summed E-state index contributed by atoms with van der Waals surface area (Å²) in [6.07, 6.45) is 0. The number of rotatable bonds is 3. The van der Waals surface area contributed by atoms with E-state index in [1.807, 2.05) is 0 Å². The van der Waals surface area contributed by atoms with Gasteiger partial charge in [0.2, 0.25) is 0 Å². The Labute approximate surface area is 115 Å². The van der Waals surface area contributed by atoms with Crippen LogP contribution >= 0.6 is 15.9 Å². The van der Waals surface area contributed by atoms with Crippen molar-refractivity contribution in [3.05, 3.63) is 63.6 Å². The molecule has 0 saturated carbocycles. The van der Waals surface area contributed by atoms with Gasteiger partial charge < -0.3 is 5.32 Å². The van der Waals surface area contributed by atoms with Crippen LogP contribution in [-0.4, -0.2) is 0 Å². The van der Waals surface area contributed by atoms with Crippen LogP contribution in [0.15, 0.2) is 34.8 Å². The highest BCUT2D eigenvalue weighted by molar-refractivity contribution is 9.10. The predicted molar refractivity (Wildman–Crippen MR) is 67.7 cm³/mol. The van der Waals surface area contributed by atoms with Gasteiger partial charge in [-0.15, -0.1) is 0 Å². The maximum absolute atomic E-state index is 13.5. The lowest BCUT2D eigenvalue weighted by molar-refractivity contribution is 0.573. The molecular formula is C13H8BrF4N. The maximum atomic E-state index is 13.5. The molecule has 0 heterocycles. The first-order chi connectivity index (χ1) is 8.97. The Hall–Kier alpha value is -1.56. The molecule has 2 aromatic rings. The molecule has 0 aliphatic heterocycles. The number of hydrogen-bond acceptors (Lipinski definition) is 1. The van der Waals surface area contributed by atoms with E-state index in [9.17, 15) is 17.6 Å². The second kappa shape index (κ2) is 5.61. The van der Waals surface area contributed by atoms with E-state index in [0.29, 0.717) is 0 Å². The van der Waals surface area contributed by atoms with Crippen LogP contribution in [0.4, 0.5) is 23.2 Å². The first-order valence-electron chi connectivity index (χ1n) is 5.29. The SMILES string of the molecule is Fc1ccc(CNc2cc(F)c(Br)cc2F)c(F)c1. The third-order valence-corrected chi connectivity index (χ3v) is 3.10. The molecule has 0 unspecified atom stereocenters. The van der Waals surface area contributed by atoms with Crippen molar-refractivity contribution in [2.75, 3.05) is 5.32 Å². The van der Waals surface area contributed by atoms with Crippen molar-refractivity contribution >= 4 is 21.6 Å². The van der Waals surface area contributed by atoms with Crippen molar-refractivity contribution in [2.45, 2.75) is 6.54 Å². The van der Waals surface area contributed by atoms with E-state index < -0.39 is 23.3 Å². The van der Waals surface area contributed by atoms with E-state index >= 15 is 0 Å². The molecule has 2 aromatic carbocycles. The molecule has 6 heteroatoms. The van der Waals surface area contributed by atoms with Gasteiger partial charge in [0.05, 0.1) is 10.2 Å². The highest BCUT2D eigenvalue weighted by Gasteiger charge is 2.09. The predicted octanol–water partition coefficient (Wildman–Crippen LogP) is 4.62. The highest BCUT2D eigenvalue weighted by atomic mass is 79.9. The normalized spacial score (nSPS) is 10.6. The molecule has 0 spiro atoms. The van der Waals surface area contributed by atoms with Crippen LogP contribution in [0.3, 0.4) is 0 Å². The fourth-order valence-corrected chi connectivity index (χ4v) is 1.83. The third kappa shape index (κ3) is 3.26. The minimum absolute atomic E-state index is 0.00325. The second-order valence-corrected chi connectivity index (χ2v) is 4.69. The Kier molecular flexibility index (Phi) is 4.09. The summed E-state index contributed by atoms with van der Waals surface area (Å²) in [6, 6.07) is 5.00. The fraction of sp³-hybridized carbons (Fsp3) is 0.0769. The Morgan fingerprint density at radius 1 is 0.895 bits per heavy atom. The van der Waals surface area contributed by atoms with Crippen LogP contribution in [0.25, 0.3) is 0 Å². The lowest BCUT2D eigenvalue weighted by Crippen LogP contribution is -2.04. The van der Waals surface area contributed by atoms with Crippen LogP contribution in [0.5, 0.6) is 0 Å². The quantitative estimate of drug-likeness (QED) is 0.638. The molecule has 0 radical (unpaired) electrons. The largest absolute Gasteiger partial charge is 0.378 e. The molecule has 0 amide bonds. The molecule has 1 nitrogen and oxygen atoms in total. The smallest absolute Gasteiger partial charge is 0.147 e. The topological polar surface area (TPSA) is 12.0 Å². The molecule has 19 heavy (non-hydrogen) atoms. The number of benzene rings is 2. The Bertz CT molecular complexity index is 616. The minimum Gasteiger partial charge on any atom is -0.378 e. The summed E-state index contributed by atoms with van der Waals surface area (Å²) in [6.45, 7) is -0.0793. The van der Waals surface area contributed by atoms with Gasteiger partial charge in [0.25, 0.3) is 0 Å². The lowest BCUT2D eigenvalue weighted by atomic mass is 10.2. The van der Waals surface area contributed by atoms with Gasteiger partial charge in [-0.2, -0.15) is 0 Å². The second-order valence-electron chi connectivity index (χ2n) is 3.84. The number of hydrogen-bond donors (Lipinski definition) is 1. The van der Waals surface area contributed by atoms with Gasteiger partial charge in [-0.25, -0.2) is 17.6 Å². The van der Waals surface area contributed by atoms with E-state index in [4.69, 9.17) is 0 Å². The molecule has 0 aliphatic carbocycles. The molecule has 0 atom stereocenters. The molecule has 0 bridgehead atoms. The summed E-state index contributed by atoms with van der Waals surface area (Å²) in [5.74, 6) is -2.74. The molecular weight excluding hydrogens is 326 g/mol. The molecule has 2 rings (SSSR count). The van der Waals surface area contributed by atoms with Gasteiger partial charge >= 0.3 is 0 Å². The van der Waals surface area contributed by atoms with E-state index in [1.54, 1.807) is 0 Å². The van der Waals surface area contributed by atoms with Gasteiger partial charge in [-0.05, 0) is 28.1 Å². The Morgan fingerprint density at radius 3 is 2.32 bits per heavy atom. The number of nitrogens with one attached hydrogen (secondary N) is 1. The summed E-state index contributed by atoms with van der Waals surface area (Å²) in [4.78, 5) is 0. The van der Waals surface area contributed by atoms with E-state index in [0.717, 1.165) is 24.3 Å². The van der Waals surface area contributed by atoms with Gasteiger partial charge in [-0.3, -0.25) is 0 Å². The number of halogens is 5. The molecule has 100 valence electrons. The summed E-state index contributed by atoms with van der Waals surface area (Å²) >= 11 is 2.85. The lowest BCUT2D eigenvalue weighted by Gasteiger charge is -2.09. The average Bonchev–Trinajstić information content (AvgIpc) is 2.34. The molecule has 0 fully saturated rings. The van der Waals surface area contributed by atoms with Crippen molar-refractivity contribution in [3.63, 3.8) is 0 Å². The van der Waals surface area contributed by atoms with Crippen LogP contribution in [0.2, 0.25) is 0 Å². The van der Waals surface area contributed by atoms with Crippen LogP contribution in [0.1, 0.15) is 5.56 Å². The standard InChI is InChI=1S/C13H8BrF4N/c14-9-4-12(18)13(5-11(9)17)19-6-7-1-2-8(15)3-10(7)16/h1-5,19H,6H2. The van der Waals surface area contributed by atoms with E-state index in [1.165, 1.54) is 6.07 Å². The first kappa shape index (κ1) is 13.9. The summed E-state index contributed by atoms with van der Waals surface area (Å²) in [7, 11) is 0. The first-order valence-corrected chi connectivity index (χ1v) is 6.09. The van der Waals surface area contributed by atoms with Crippen LogP contribution < -0.4 is 5.32 Å². The van der Waals surface area contributed by atoms with Crippen molar-refractivity contribution in [1.82, 2.24) is 0 Å². The monoisotopic (exact) mass is 333 g/mol. The van der Waals surface area contributed by atoms with Gasteiger partial charge in [-0.1, -0.05) is 6.07 Å². The van der Waals surface area contributed by atoms with Crippen molar-refractivity contribution in [1.29, 1.82) is 0 Å². The zero-order valence-corrected chi connectivity index (χ0v) is 11.1. The Morgan fingerprint density at radius 2 is 1.63 bits per heavy atom. The molecule has 0 saturated heterocycles. The summed E-state index contributed by atoms with van der Waals surface area (Å²) in [5, 5.41) is 2.56. The van der Waals surface area contributed by atoms with Gasteiger partial charge in [0.1, 0.15) is 23.3 Å². The molecule has 0 aliphatic rings. The van der Waals surface area contributed by atoms with Gasteiger partial charge in [0.15, 0.2) is 0 Å². The zero-order chi connectivity index (χ0) is 14.0. The number of anilines is 1. The Balaban J connectivity index is 2.16. The van der Waals surface area contributed by atoms with Crippen molar-refractivity contribution in [2.24, 2.45) is 0 Å². The summed E-state index contributed by atoms with van der Waals surface area (Å²) < 4.78 is 52.8. The molecule has 0 aromatic heterocycles. The average molecular weight is 334 g/mol. The fourth-order valence-electron chi connectivity index (χ4n) is 1.51. The van der Waals surface area contributed by atoms with Crippen LogP contribution in [-0.2, 0) is 6.54 Å². The van der Waals surface area contributed by atoms with E-state index in [-0.39, 0.29) is 22.3 Å². The minimum atomic E-state index is -0.745. The van der Waals surface area contributed by atoms with Gasteiger partial charge in [0, 0.05) is 24.2 Å². The van der Waals surface area contributed by atoms with E-state index in [2.05, 4.69) is 21.2 Å².